The molecule has 0 radical (unpaired) electrons. The summed E-state index contributed by atoms with van der Waals surface area (Å²) in [4.78, 5) is 26.8. The van der Waals surface area contributed by atoms with Gasteiger partial charge in [0, 0.05) is 32.4 Å². The van der Waals surface area contributed by atoms with Gasteiger partial charge in [-0.3, -0.25) is 9.89 Å². The minimum absolute atomic E-state index is 0.0300. The van der Waals surface area contributed by atoms with Gasteiger partial charge in [-0.1, -0.05) is 0 Å². The van der Waals surface area contributed by atoms with E-state index in [1.807, 2.05) is 4.90 Å². The Kier molecular flexibility index (Phi) is 3.49. The second-order valence-electron chi connectivity index (χ2n) is 5.62. The van der Waals surface area contributed by atoms with E-state index in [1.165, 1.54) is 0 Å². The number of carbonyl (C=O) groups is 1. The molecule has 122 valence electrons. The number of aromatic amines is 2. The lowest BCUT2D eigenvalue weighted by Gasteiger charge is -2.26. The topological polar surface area (TPSA) is 103 Å². The van der Waals surface area contributed by atoms with Crippen molar-refractivity contribution in [2.45, 2.75) is 13.0 Å². The first kappa shape index (κ1) is 14.4. The van der Waals surface area contributed by atoms with E-state index in [2.05, 4.69) is 30.5 Å². The van der Waals surface area contributed by atoms with Crippen molar-refractivity contribution in [3.05, 3.63) is 47.7 Å². The molecule has 8 nitrogen and oxygen atoms in total. The zero-order chi connectivity index (χ0) is 16.5. The van der Waals surface area contributed by atoms with Gasteiger partial charge in [0.05, 0.1) is 35.3 Å². The Bertz CT molecular complexity index is 868. The lowest BCUT2D eigenvalue weighted by molar-refractivity contribution is 0.0732. The van der Waals surface area contributed by atoms with Gasteiger partial charge in [0.2, 0.25) is 0 Å². The second kappa shape index (κ2) is 5.80. The number of hydrogen-bond acceptors (Lipinski definition) is 5. The highest BCUT2D eigenvalue weighted by atomic mass is 16.2. The molecule has 3 aromatic heterocycles. The van der Waals surface area contributed by atoms with E-state index >= 15 is 0 Å². The molecule has 4 heterocycles. The van der Waals surface area contributed by atoms with Crippen LogP contribution in [0.25, 0.3) is 11.4 Å². The van der Waals surface area contributed by atoms with Crippen LogP contribution in [0.3, 0.4) is 0 Å². The summed E-state index contributed by atoms with van der Waals surface area (Å²) in [5, 5.41) is 9.69. The van der Waals surface area contributed by atoms with Crippen LogP contribution in [0, 0.1) is 0 Å². The summed E-state index contributed by atoms with van der Waals surface area (Å²) in [7, 11) is 1.76. The molecule has 1 aliphatic rings. The molecule has 4 rings (SSSR count). The quantitative estimate of drug-likeness (QED) is 0.677. The molecular weight excluding hydrogens is 306 g/mol. The second-order valence-corrected chi connectivity index (χ2v) is 5.62. The number of pyridine rings is 1. The van der Waals surface area contributed by atoms with Crippen LogP contribution in [0.2, 0.25) is 0 Å². The van der Waals surface area contributed by atoms with Crippen molar-refractivity contribution in [3.8, 4) is 11.4 Å². The summed E-state index contributed by atoms with van der Waals surface area (Å²) in [6, 6.07) is 3.57. The largest absolute Gasteiger partial charge is 0.372 e. The minimum atomic E-state index is -0.0300. The Balaban J connectivity index is 1.59. The molecule has 1 aliphatic heterocycles. The lowest BCUT2D eigenvalue weighted by Crippen LogP contribution is -2.36. The van der Waals surface area contributed by atoms with Crippen LogP contribution >= 0.6 is 0 Å². The monoisotopic (exact) mass is 323 g/mol. The summed E-state index contributed by atoms with van der Waals surface area (Å²) < 4.78 is 0. The highest BCUT2D eigenvalue weighted by Gasteiger charge is 2.26. The molecule has 3 aromatic rings. The molecule has 0 aliphatic carbocycles. The van der Waals surface area contributed by atoms with Gasteiger partial charge in [-0.05, 0) is 12.1 Å². The first-order valence-corrected chi connectivity index (χ1v) is 7.75. The third-order valence-corrected chi connectivity index (χ3v) is 4.17. The van der Waals surface area contributed by atoms with E-state index in [9.17, 15) is 4.79 Å². The molecule has 0 atom stereocenters. The zero-order valence-corrected chi connectivity index (χ0v) is 13.2. The number of hydrogen-bond donors (Lipinski definition) is 3. The van der Waals surface area contributed by atoms with Crippen molar-refractivity contribution < 1.29 is 4.79 Å². The van der Waals surface area contributed by atoms with Gasteiger partial charge in [-0.15, -0.1) is 0 Å². The maximum Gasteiger partial charge on any atom is 0.257 e. The number of nitrogens with one attached hydrogen (secondary N) is 3. The van der Waals surface area contributed by atoms with Crippen molar-refractivity contribution in [2.75, 3.05) is 18.9 Å². The summed E-state index contributed by atoms with van der Waals surface area (Å²) in [5.74, 6) is 1.34. The standard InChI is InChI=1S/C16H17N7O/c1-17-15-11(3-2-5-18-15)16(24)23-6-4-12-13(9-23)22-14(21-12)10-7-19-20-8-10/h2-3,5,7-8H,4,6,9H2,1H3,(H,17,18)(H,19,20)(H,21,22). The van der Waals surface area contributed by atoms with Gasteiger partial charge in [0.1, 0.15) is 11.6 Å². The van der Waals surface area contributed by atoms with Crippen molar-refractivity contribution in [1.82, 2.24) is 30.0 Å². The molecule has 0 bridgehead atoms. The van der Waals surface area contributed by atoms with Crippen molar-refractivity contribution in [2.24, 2.45) is 0 Å². The molecule has 0 saturated heterocycles. The number of H-pyrrole nitrogens is 2. The van der Waals surface area contributed by atoms with Crippen LogP contribution in [0.15, 0.2) is 30.7 Å². The molecular formula is C16H17N7O. The normalized spacial score (nSPS) is 13.6. The maximum atomic E-state index is 12.8. The average molecular weight is 323 g/mol. The molecule has 0 spiro atoms. The summed E-state index contributed by atoms with van der Waals surface area (Å²) in [5.41, 5.74) is 3.47. The molecule has 8 heteroatoms. The van der Waals surface area contributed by atoms with Gasteiger partial charge in [-0.25, -0.2) is 9.97 Å². The summed E-state index contributed by atoms with van der Waals surface area (Å²) in [6.07, 6.45) is 5.91. The molecule has 0 saturated carbocycles. The number of imidazole rings is 1. The fourth-order valence-corrected chi connectivity index (χ4v) is 2.93. The Morgan fingerprint density at radius 2 is 2.33 bits per heavy atom. The van der Waals surface area contributed by atoms with Crippen LogP contribution in [-0.2, 0) is 13.0 Å². The first-order valence-electron chi connectivity index (χ1n) is 7.75. The highest BCUT2D eigenvalue weighted by Crippen LogP contribution is 2.24. The van der Waals surface area contributed by atoms with Crippen LogP contribution < -0.4 is 5.32 Å². The number of anilines is 1. The van der Waals surface area contributed by atoms with E-state index in [-0.39, 0.29) is 5.91 Å². The molecule has 24 heavy (non-hydrogen) atoms. The van der Waals surface area contributed by atoms with E-state index in [4.69, 9.17) is 0 Å². The van der Waals surface area contributed by atoms with E-state index < -0.39 is 0 Å². The van der Waals surface area contributed by atoms with Gasteiger partial charge >= 0.3 is 0 Å². The molecule has 3 N–H and O–H groups in total. The zero-order valence-electron chi connectivity index (χ0n) is 13.2. The highest BCUT2D eigenvalue weighted by molar-refractivity contribution is 5.98. The van der Waals surface area contributed by atoms with Crippen LogP contribution in [0.1, 0.15) is 21.7 Å². The van der Waals surface area contributed by atoms with Gasteiger partial charge in [-0.2, -0.15) is 5.10 Å². The number of aromatic nitrogens is 5. The third kappa shape index (κ3) is 2.41. The predicted octanol–water partition coefficient (Wildman–Crippen LogP) is 1.43. The third-order valence-electron chi connectivity index (χ3n) is 4.17. The first-order chi connectivity index (χ1) is 11.8. The van der Waals surface area contributed by atoms with Gasteiger partial charge in [0.15, 0.2) is 0 Å². The van der Waals surface area contributed by atoms with E-state index in [1.54, 1.807) is 37.8 Å². The maximum absolute atomic E-state index is 12.8. The van der Waals surface area contributed by atoms with Gasteiger partial charge < -0.3 is 15.2 Å². The van der Waals surface area contributed by atoms with Crippen molar-refractivity contribution in [3.63, 3.8) is 0 Å². The summed E-state index contributed by atoms with van der Waals surface area (Å²) in [6.45, 7) is 1.15. The van der Waals surface area contributed by atoms with Crippen molar-refractivity contribution >= 4 is 11.7 Å². The Morgan fingerprint density at radius 3 is 3.12 bits per heavy atom. The molecule has 0 aromatic carbocycles. The van der Waals surface area contributed by atoms with Crippen LogP contribution in [0.5, 0.6) is 0 Å². The summed E-state index contributed by atoms with van der Waals surface area (Å²) >= 11 is 0. The number of carbonyl (C=O) groups excluding carboxylic acids is 1. The predicted molar refractivity (Wildman–Crippen MR) is 88.4 cm³/mol. The number of nitrogens with zero attached hydrogens (tertiary/aromatic N) is 4. The average Bonchev–Trinajstić information content (AvgIpc) is 3.29. The molecule has 0 unspecified atom stereocenters. The minimum Gasteiger partial charge on any atom is -0.372 e. The van der Waals surface area contributed by atoms with Crippen LogP contribution in [0.4, 0.5) is 5.82 Å². The molecule has 1 amide bonds. The number of amides is 1. The van der Waals surface area contributed by atoms with Crippen LogP contribution in [-0.4, -0.2) is 49.5 Å². The Morgan fingerprint density at radius 1 is 1.42 bits per heavy atom. The smallest absolute Gasteiger partial charge is 0.257 e. The Labute approximate surface area is 138 Å². The number of rotatable bonds is 3. The molecule has 0 fully saturated rings. The fourth-order valence-electron chi connectivity index (χ4n) is 2.93. The van der Waals surface area contributed by atoms with E-state index in [0.717, 1.165) is 29.2 Å². The SMILES string of the molecule is CNc1ncccc1C(=O)N1CCc2nc(-c3cn[nH]c3)[nH]c2C1. The van der Waals surface area contributed by atoms with Gasteiger partial charge in [0.25, 0.3) is 5.91 Å². The number of fused-ring (bicyclic) bond motifs is 1. The van der Waals surface area contributed by atoms with E-state index in [0.29, 0.717) is 24.5 Å². The fraction of sp³-hybridized carbons (Fsp3) is 0.250. The Hall–Kier alpha value is -3.16. The van der Waals surface area contributed by atoms with Crippen molar-refractivity contribution in [1.29, 1.82) is 0 Å². The lowest BCUT2D eigenvalue weighted by atomic mass is 10.1.